The molecule has 7 heteroatoms. The molecule has 2 rings (SSSR count). The van der Waals surface area contributed by atoms with Crippen LogP contribution in [0.2, 0.25) is 5.02 Å². The van der Waals surface area contributed by atoms with Crippen LogP contribution in [0.25, 0.3) is 0 Å². The van der Waals surface area contributed by atoms with Gasteiger partial charge in [-0.3, -0.25) is 4.79 Å². The Labute approximate surface area is 163 Å². The standard InChI is InChI=1S/C20H23ClN2O4/c1-4-27-19(24)12-18(14-6-5-7-16(10-14)26-3)23-20(25)22-15-9-8-13(2)17(21)11-15/h5-11,18H,4,12H2,1-3H3,(H2,22,23,25). The fraction of sp³-hybridized carbons (Fsp3) is 0.300. The molecule has 0 radical (unpaired) electrons. The molecule has 0 aliphatic rings. The molecule has 0 aliphatic heterocycles. The normalized spacial score (nSPS) is 11.4. The highest BCUT2D eigenvalue weighted by Gasteiger charge is 2.20. The highest BCUT2D eigenvalue weighted by molar-refractivity contribution is 6.31. The maximum atomic E-state index is 12.4. The molecule has 1 atom stereocenters. The van der Waals surface area contributed by atoms with Crippen molar-refractivity contribution < 1.29 is 19.1 Å². The minimum atomic E-state index is -0.569. The van der Waals surface area contributed by atoms with E-state index in [1.807, 2.05) is 19.1 Å². The van der Waals surface area contributed by atoms with E-state index < -0.39 is 18.0 Å². The molecule has 27 heavy (non-hydrogen) atoms. The van der Waals surface area contributed by atoms with E-state index in [1.165, 1.54) is 0 Å². The van der Waals surface area contributed by atoms with Gasteiger partial charge in [-0.1, -0.05) is 29.8 Å². The fourth-order valence-corrected chi connectivity index (χ4v) is 2.67. The molecule has 0 heterocycles. The van der Waals surface area contributed by atoms with Gasteiger partial charge in [-0.2, -0.15) is 0 Å². The number of urea groups is 1. The molecule has 0 saturated carbocycles. The summed E-state index contributed by atoms with van der Waals surface area (Å²) in [6, 6.07) is 11.4. The highest BCUT2D eigenvalue weighted by atomic mass is 35.5. The lowest BCUT2D eigenvalue weighted by molar-refractivity contribution is -0.143. The first-order chi connectivity index (χ1) is 12.9. The molecule has 0 aliphatic carbocycles. The molecule has 0 aromatic heterocycles. The summed E-state index contributed by atoms with van der Waals surface area (Å²) < 4.78 is 10.2. The van der Waals surface area contributed by atoms with E-state index in [2.05, 4.69) is 10.6 Å². The van der Waals surface area contributed by atoms with Gasteiger partial charge in [0.15, 0.2) is 0 Å². The predicted octanol–water partition coefficient (Wildman–Crippen LogP) is 4.47. The van der Waals surface area contributed by atoms with Gasteiger partial charge in [-0.15, -0.1) is 0 Å². The van der Waals surface area contributed by atoms with E-state index in [1.54, 1.807) is 44.4 Å². The van der Waals surface area contributed by atoms with E-state index in [0.717, 1.165) is 11.1 Å². The van der Waals surface area contributed by atoms with Crippen molar-refractivity contribution in [2.24, 2.45) is 0 Å². The summed E-state index contributed by atoms with van der Waals surface area (Å²) in [5.74, 6) is 0.234. The lowest BCUT2D eigenvalue weighted by Gasteiger charge is -2.19. The van der Waals surface area contributed by atoms with E-state index in [0.29, 0.717) is 16.5 Å². The van der Waals surface area contributed by atoms with Gasteiger partial charge >= 0.3 is 12.0 Å². The Morgan fingerprint density at radius 3 is 2.63 bits per heavy atom. The highest BCUT2D eigenvalue weighted by Crippen LogP contribution is 2.23. The second kappa shape index (κ2) is 9.83. The first-order valence-electron chi connectivity index (χ1n) is 8.56. The Bertz CT molecular complexity index is 810. The molecule has 1 unspecified atom stereocenters. The van der Waals surface area contributed by atoms with Crippen LogP contribution in [0.1, 0.15) is 30.5 Å². The minimum Gasteiger partial charge on any atom is -0.497 e. The van der Waals surface area contributed by atoms with Gasteiger partial charge in [0.1, 0.15) is 5.75 Å². The van der Waals surface area contributed by atoms with Crippen molar-refractivity contribution in [2.45, 2.75) is 26.3 Å². The number of esters is 1. The molecule has 0 spiro atoms. The quantitative estimate of drug-likeness (QED) is 0.683. The molecule has 0 fully saturated rings. The first kappa shape index (κ1) is 20.6. The first-order valence-corrected chi connectivity index (χ1v) is 8.94. The van der Waals surface area contributed by atoms with Gasteiger partial charge in [-0.25, -0.2) is 4.79 Å². The van der Waals surface area contributed by atoms with E-state index >= 15 is 0 Å². The number of rotatable bonds is 7. The maximum absolute atomic E-state index is 12.4. The molecule has 2 N–H and O–H groups in total. The number of anilines is 1. The fourth-order valence-electron chi connectivity index (χ4n) is 2.49. The summed E-state index contributed by atoms with van der Waals surface area (Å²) in [7, 11) is 1.56. The Morgan fingerprint density at radius 1 is 1.19 bits per heavy atom. The Balaban J connectivity index is 2.15. The van der Waals surface area contributed by atoms with Crippen LogP contribution in [-0.2, 0) is 9.53 Å². The number of nitrogens with one attached hydrogen (secondary N) is 2. The van der Waals surface area contributed by atoms with Crippen LogP contribution in [0, 0.1) is 6.92 Å². The lowest BCUT2D eigenvalue weighted by atomic mass is 10.0. The molecular formula is C20H23ClN2O4. The molecule has 2 amide bonds. The Morgan fingerprint density at radius 2 is 1.96 bits per heavy atom. The zero-order valence-corrected chi connectivity index (χ0v) is 16.3. The second-order valence-electron chi connectivity index (χ2n) is 5.90. The molecular weight excluding hydrogens is 368 g/mol. The third-order valence-electron chi connectivity index (χ3n) is 3.91. The number of methoxy groups -OCH3 is 1. The largest absolute Gasteiger partial charge is 0.497 e. The SMILES string of the molecule is CCOC(=O)CC(NC(=O)Nc1ccc(C)c(Cl)c1)c1cccc(OC)c1. The van der Waals surface area contributed by atoms with Crippen molar-refractivity contribution in [1.82, 2.24) is 5.32 Å². The minimum absolute atomic E-state index is 0.00306. The summed E-state index contributed by atoms with van der Waals surface area (Å²) in [5.41, 5.74) is 2.21. The summed E-state index contributed by atoms with van der Waals surface area (Å²) >= 11 is 6.09. The van der Waals surface area contributed by atoms with Crippen molar-refractivity contribution in [3.05, 3.63) is 58.6 Å². The van der Waals surface area contributed by atoms with Crippen molar-refractivity contribution in [1.29, 1.82) is 0 Å². The zero-order valence-electron chi connectivity index (χ0n) is 15.5. The van der Waals surface area contributed by atoms with Crippen LogP contribution in [-0.4, -0.2) is 25.7 Å². The number of hydrogen-bond acceptors (Lipinski definition) is 4. The van der Waals surface area contributed by atoms with Crippen LogP contribution in [0.15, 0.2) is 42.5 Å². The molecule has 144 valence electrons. The number of ether oxygens (including phenoxy) is 2. The average Bonchev–Trinajstić information content (AvgIpc) is 2.64. The van der Waals surface area contributed by atoms with Gasteiger partial charge in [-0.05, 0) is 49.2 Å². The average molecular weight is 391 g/mol. The van der Waals surface area contributed by atoms with Crippen molar-refractivity contribution in [2.75, 3.05) is 19.0 Å². The monoisotopic (exact) mass is 390 g/mol. The number of hydrogen-bond donors (Lipinski definition) is 2. The second-order valence-corrected chi connectivity index (χ2v) is 6.31. The van der Waals surface area contributed by atoms with E-state index in [-0.39, 0.29) is 13.0 Å². The number of benzene rings is 2. The lowest BCUT2D eigenvalue weighted by Crippen LogP contribution is -2.34. The van der Waals surface area contributed by atoms with Gasteiger partial charge in [0.05, 0.1) is 26.2 Å². The number of carbonyl (C=O) groups is 2. The van der Waals surface area contributed by atoms with Crippen LogP contribution in [0.4, 0.5) is 10.5 Å². The Kier molecular flexibility index (Phi) is 7.49. The van der Waals surface area contributed by atoms with Crippen molar-refractivity contribution in [3.63, 3.8) is 0 Å². The molecule has 2 aromatic carbocycles. The predicted molar refractivity (Wildman–Crippen MR) is 105 cm³/mol. The molecule has 2 aromatic rings. The van der Waals surface area contributed by atoms with Crippen molar-refractivity contribution >= 4 is 29.3 Å². The van der Waals surface area contributed by atoms with E-state index in [9.17, 15) is 9.59 Å². The molecule has 6 nitrogen and oxygen atoms in total. The number of amides is 2. The van der Waals surface area contributed by atoms with Gasteiger partial charge < -0.3 is 20.1 Å². The third kappa shape index (κ3) is 6.18. The third-order valence-corrected chi connectivity index (χ3v) is 4.31. The topological polar surface area (TPSA) is 76.7 Å². The number of halogens is 1. The van der Waals surface area contributed by atoms with E-state index in [4.69, 9.17) is 21.1 Å². The van der Waals surface area contributed by atoms with Crippen LogP contribution >= 0.6 is 11.6 Å². The summed E-state index contributed by atoms with van der Waals surface area (Å²) in [4.78, 5) is 24.4. The van der Waals surface area contributed by atoms with Gasteiger partial charge in [0, 0.05) is 10.7 Å². The Hall–Kier alpha value is -2.73. The summed E-state index contributed by atoms with van der Waals surface area (Å²) in [5, 5.41) is 6.09. The summed E-state index contributed by atoms with van der Waals surface area (Å²) in [6.45, 7) is 3.89. The number of aryl methyl sites for hydroxylation is 1. The smallest absolute Gasteiger partial charge is 0.319 e. The van der Waals surface area contributed by atoms with Crippen LogP contribution in [0.3, 0.4) is 0 Å². The van der Waals surface area contributed by atoms with Crippen LogP contribution < -0.4 is 15.4 Å². The van der Waals surface area contributed by atoms with Gasteiger partial charge in [0.2, 0.25) is 0 Å². The number of carbonyl (C=O) groups excluding carboxylic acids is 2. The van der Waals surface area contributed by atoms with Crippen molar-refractivity contribution in [3.8, 4) is 5.75 Å². The van der Waals surface area contributed by atoms with Crippen LogP contribution in [0.5, 0.6) is 5.75 Å². The maximum Gasteiger partial charge on any atom is 0.319 e. The molecule has 0 saturated heterocycles. The summed E-state index contributed by atoms with van der Waals surface area (Å²) in [6.07, 6.45) is 0.00306. The molecule has 0 bridgehead atoms. The van der Waals surface area contributed by atoms with Gasteiger partial charge in [0.25, 0.3) is 0 Å². The zero-order chi connectivity index (χ0) is 19.8.